The standard InChI is InChI=1S/C31H37F3N2O6/c1-18-21-13-14-36(28(39)25(16-27(37)38)35(5)29(40)42-30(2,3)4)24(21)11-12-26(18)41-17-19-9-10-22(20-7-6-8-20)23(15-19)31(32,33)34/h9-12,15,20,25H,6-8,13-14,16-17H2,1-5H3,(H,37,38). The van der Waals surface area contributed by atoms with Crippen LogP contribution >= 0.6 is 0 Å². The average molecular weight is 591 g/mol. The van der Waals surface area contributed by atoms with Crippen LogP contribution in [0.3, 0.4) is 0 Å². The summed E-state index contributed by atoms with van der Waals surface area (Å²) in [5.74, 6) is -1.37. The fourth-order valence-electron chi connectivity index (χ4n) is 5.39. The molecule has 2 amide bonds. The highest BCUT2D eigenvalue weighted by molar-refractivity contribution is 6.02. The predicted molar refractivity (Wildman–Crippen MR) is 150 cm³/mol. The molecule has 2 aromatic rings. The third kappa shape index (κ3) is 6.82. The number of carboxylic acids is 1. The van der Waals surface area contributed by atoms with E-state index in [1.807, 2.05) is 6.92 Å². The molecule has 1 aliphatic carbocycles. The summed E-state index contributed by atoms with van der Waals surface area (Å²) in [6.45, 7) is 7.04. The van der Waals surface area contributed by atoms with E-state index < -0.39 is 47.8 Å². The first-order valence-corrected chi connectivity index (χ1v) is 14.0. The first-order valence-electron chi connectivity index (χ1n) is 14.0. The lowest BCUT2D eigenvalue weighted by Gasteiger charge is -2.31. The van der Waals surface area contributed by atoms with Crippen LogP contribution in [0.5, 0.6) is 5.75 Å². The van der Waals surface area contributed by atoms with Gasteiger partial charge in [0.05, 0.1) is 12.0 Å². The number of amides is 2. The number of anilines is 1. The summed E-state index contributed by atoms with van der Waals surface area (Å²) < 4.78 is 52.7. The molecule has 228 valence electrons. The van der Waals surface area contributed by atoms with Crippen molar-refractivity contribution in [2.24, 2.45) is 0 Å². The number of carbonyl (C=O) groups is 3. The Balaban J connectivity index is 1.52. The summed E-state index contributed by atoms with van der Waals surface area (Å²) >= 11 is 0. The van der Waals surface area contributed by atoms with Crippen LogP contribution in [0.4, 0.5) is 23.7 Å². The molecular weight excluding hydrogens is 553 g/mol. The maximum absolute atomic E-state index is 13.8. The molecule has 1 saturated carbocycles. The number of hydrogen-bond acceptors (Lipinski definition) is 5. The number of alkyl halides is 3. The number of halogens is 3. The molecule has 1 heterocycles. The minimum Gasteiger partial charge on any atom is -0.489 e. The molecule has 4 rings (SSSR count). The predicted octanol–water partition coefficient (Wildman–Crippen LogP) is 6.46. The Hall–Kier alpha value is -3.76. The van der Waals surface area contributed by atoms with E-state index in [1.54, 1.807) is 45.0 Å². The zero-order valence-electron chi connectivity index (χ0n) is 24.5. The van der Waals surface area contributed by atoms with Gasteiger partial charge in [-0.1, -0.05) is 18.6 Å². The van der Waals surface area contributed by atoms with Crippen LogP contribution < -0.4 is 9.64 Å². The number of aliphatic carboxylic acids is 1. The van der Waals surface area contributed by atoms with E-state index in [0.29, 0.717) is 29.0 Å². The molecule has 42 heavy (non-hydrogen) atoms. The molecule has 1 N–H and O–H groups in total. The van der Waals surface area contributed by atoms with Crippen LogP contribution in [0.15, 0.2) is 30.3 Å². The van der Waals surface area contributed by atoms with Gasteiger partial charge in [0.2, 0.25) is 0 Å². The number of rotatable bonds is 8. The Morgan fingerprint density at radius 3 is 2.38 bits per heavy atom. The summed E-state index contributed by atoms with van der Waals surface area (Å²) in [5.41, 5.74) is 1.43. The normalized spacial score (nSPS) is 16.0. The van der Waals surface area contributed by atoms with Crippen molar-refractivity contribution in [2.75, 3.05) is 18.5 Å². The Kier molecular flexibility index (Phi) is 8.80. The van der Waals surface area contributed by atoms with Crippen molar-refractivity contribution >= 4 is 23.7 Å². The van der Waals surface area contributed by atoms with Crippen molar-refractivity contribution in [3.05, 3.63) is 58.1 Å². The van der Waals surface area contributed by atoms with Crippen LogP contribution in [-0.2, 0) is 33.5 Å². The Bertz CT molecular complexity index is 1360. The second-order valence-corrected chi connectivity index (χ2v) is 12.0. The fraction of sp³-hybridized carbons (Fsp3) is 0.516. The molecule has 0 aromatic heterocycles. The minimum atomic E-state index is -4.45. The third-order valence-electron chi connectivity index (χ3n) is 7.83. The zero-order valence-corrected chi connectivity index (χ0v) is 24.5. The van der Waals surface area contributed by atoms with Gasteiger partial charge in [0.1, 0.15) is 24.0 Å². The van der Waals surface area contributed by atoms with Crippen molar-refractivity contribution in [1.82, 2.24) is 4.90 Å². The van der Waals surface area contributed by atoms with Gasteiger partial charge in [-0.3, -0.25) is 14.5 Å². The van der Waals surface area contributed by atoms with Gasteiger partial charge < -0.3 is 19.5 Å². The summed E-state index contributed by atoms with van der Waals surface area (Å²) in [6.07, 6.45) is -2.92. The molecule has 0 bridgehead atoms. The highest BCUT2D eigenvalue weighted by Crippen LogP contribution is 2.43. The lowest BCUT2D eigenvalue weighted by molar-refractivity contribution is -0.141. The highest BCUT2D eigenvalue weighted by atomic mass is 19.4. The van der Waals surface area contributed by atoms with Crippen molar-refractivity contribution in [1.29, 1.82) is 0 Å². The Labute approximate surface area is 243 Å². The molecular formula is C31H37F3N2O6. The summed E-state index contributed by atoms with van der Waals surface area (Å²) in [7, 11) is 1.34. The van der Waals surface area contributed by atoms with Crippen molar-refractivity contribution in [3.63, 3.8) is 0 Å². The quantitative estimate of drug-likeness (QED) is 0.379. The van der Waals surface area contributed by atoms with Gasteiger partial charge in [-0.15, -0.1) is 0 Å². The maximum atomic E-state index is 13.8. The van der Waals surface area contributed by atoms with Crippen LogP contribution in [0.2, 0.25) is 0 Å². The van der Waals surface area contributed by atoms with Gasteiger partial charge >= 0.3 is 18.2 Å². The highest BCUT2D eigenvalue weighted by Gasteiger charge is 2.39. The fourth-order valence-corrected chi connectivity index (χ4v) is 5.39. The third-order valence-corrected chi connectivity index (χ3v) is 7.83. The maximum Gasteiger partial charge on any atom is 0.416 e. The molecule has 11 heteroatoms. The molecule has 8 nitrogen and oxygen atoms in total. The number of nitrogens with zero attached hydrogens (tertiary/aromatic N) is 2. The molecule has 1 unspecified atom stereocenters. The lowest BCUT2D eigenvalue weighted by Crippen LogP contribution is -2.51. The van der Waals surface area contributed by atoms with Crippen LogP contribution in [0.1, 0.15) is 80.2 Å². The van der Waals surface area contributed by atoms with Crippen LogP contribution in [0.25, 0.3) is 0 Å². The number of benzene rings is 2. The van der Waals surface area contributed by atoms with E-state index in [1.165, 1.54) is 18.0 Å². The number of fused-ring (bicyclic) bond motifs is 1. The van der Waals surface area contributed by atoms with Gasteiger partial charge in [0.15, 0.2) is 0 Å². The Morgan fingerprint density at radius 2 is 1.81 bits per heavy atom. The summed E-state index contributed by atoms with van der Waals surface area (Å²) in [4.78, 5) is 40.3. The topological polar surface area (TPSA) is 96.4 Å². The van der Waals surface area contributed by atoms with E-state index in [-0.39, 0.29) is 19.1 Å². The van der Waals surface area contributed by atoms with Crippen LogP contribution in [0, 0.1) is 6.92 Å². The van der Waals surface area contributed by atoms with E-state index in [0.717, 1.165) is 35.3 Å². The average Bonchev–Trinajstić information content (AvgIpc) is 3.29. The van der Waals surface area contributed by atoms with E-state index in [4.69, 9.17) is 9.47 Å². The first kappa shape index (κ1) is 31.2. The van der Waals surface area contributed by atoms with Gasteiger partial charge in [-0.25, -0.2) is 4.79 Å². The number of carboxylic acid groups (broad SMARTS) is 1. The number of ether oxygens (including phenoxy) is 2. The first-order chi connectivity index (χ1) is 19.6. The van der Waals surface area contributed by atoms with E-state index in [2.05, 4.69) is 0 Å². The second-order valence-electron chi connectivity index (χ2n) is 12.0. The molecule has 1 aliphatic heterocycles. The SMILES string of the molecule is Cc1c(OCc2ccc(C3CCC3)c(C(F)(F)F)c2)ccc2c1CCN2C(=O)C(CC(=O)O)N(C)C(=O)OC(C)(C)C. The smallest absolute Gasteiger partial charge is 0.416 e. The number of hydrogen-bond donors (Lipinski definition) is 1. The lowest BCUT2D eigenvalue weighted by atomic mass is 9.78. The monoisotopic (exact) mass is 590 g/mol. The summed E-state index contributed by atoms with van der Waals surface area (Å²) in [5, 5.41) is 9.46. The van der Waals surface area contributed by atoms with E-state index >= 15 is 0 Å². The zero-order chi connectivity index (χ0) is 31.0. The molecule has 0 radical (unpaired) electrons. The van der Waals surface area contributed by atoms with E-state index in [9.17, 15) is 32.7 Å². The van der Waals surface area contributed by atoms with Crippen molar-refractivity contribution in [2.45, 2.75) is 90.1 Å². The molecule has 2 aliphatic rings. The minimum absolute atomic E-state index is 0.0553. The molecule has 2 aromatic carbocycles. The summed E-state index contributed by atoms with van der Waals surface area (Å²) in [6, 6.07) is 6.44. The molecule has 1 atom stereocenters. The van der Waals surface area contributed by atoms with Gasteiger partial charge in [-0.2, -0.15) is 13.2 Å². The molecule has 0 spiro atoms. The van der Waals surface area contributed by atoms with Crippen molar-refractivity contribution < 1.29 is 42.1 Å². The van der Waals surface area contributed by atoms with Crippen LogP contribution in [-0.4, -0.2) is 53.2 Å². The number of likely N-dealkylation sites (N-methyl/N-ethyl adjacent to an activating group) is 1. The van der Waals surface area contributed by atoms with Gasteiger partial charge in [0.25, 0.3) is 5.91 Å². The largest absolute Gasteiger partial charge is 0.489 e. The van der Waals surface area contributed by atoms with Crippen molar-refractivity contribution in [3.8, 4) is 5.75 Å². The van der Waals surface area contributed by atoms with Gasteiger partial charge in [0, 0.05) is 19.3 Å². The Morgan fingerprint density at radius 1 is 1.12 bits per heavy atom. The molecule has 0 saturated heterocycles. The number of carbonyl (C=O) groups excluding carboxylic acids is 2. The van der Waals surface area contributed by atoms with Gasteiger partial charge in [-0.05, 0) is 93.3 Å². The molecule has 1 fully saturated rings. The second kappa shape index (κ2) is 11.9.